The Bertz CT molecular complexity index is 660. The molecule has 21 heavy (non-hydrogen) atoms. The number of hydrogen-bond acceptors (Lipinski definition) is 2. The van der Waals surface area contributed by atoms with E-state index in [-0.39, 0.29) is 5.91 Å². The Hall–Kier alpha value is -1.52. The van der Waals surface area contributed by atoms with Crippen molar-refractivity contribution in [3.63, 3.8) is 0 Å². The average molecular weight is 369 g/mol. The molecule has 5 heteroatoms. The zero-order chi connectivity index (χ0) is 15.4. The number of carbonyl (C=O) groups is 1. The predicted molar refractivity (Wildman–Crippen MR) is 89.1 cm³/mol. The number of ether oxygens (including phenoxy) is 1. The summed E-state index contributed by atoms with van der Waals surface area (Å²) in [6.07, 6.45) is -0.619. The first-order chi connectivity index (χ1) is 9.95. The van der Waals surface area contributed by atoms with E-state index in [0.29, 0.717) is 10.8 Å². The zero-order valence-electron chi connectivity index (χ0n) is 11.7. The van der Waals surface area contributed by atoms with Crippen molar-refractivity contribution in [3.05, 3.63) is 57.5 Å². The molecule has 110 valence electrons. The van der Waals surface area contributed by atoms with Gasteiger partial charge in [0, 0.05) is 15.2 Å². The highest BCUT2D eigenvalue weighted by Gasteiger charge is 2.15. The van der Waals surface area contributed by atoms with Crippen molar-refractivity contribution >= 4 is 39.1 Å². The molecule has 2 aromatic carbocycles. The zero-order valence-corrected chi connectivity index (χ0v) is 14.0. The minimum Gasteiger partial charge on any atom is -0.481 e. The van der Waals surface area contributed by atoms with Crippen LogP contribution in [0.25, 0.3) is 0 Å². The molecule has 0 fully saturated rings. The quantitative estimate of drug-likeness (QED) is 0.840. The van der Waals surface area contributed by atoms with Crippen LogP contribution in [0.3, 0.4) is 0 Å². The molecule has 0 aliphatic rings. The molecule has 0 aromatic heterocycles. The van der Waals surface area contributed by atoms with Crippen molar-refractivity contribution in [1.29, 1.82) is 0 Å². The number of carbonyl (C=O) groups excluding carboxylic acids is 1. The Kier molecular flexibility index (Phi) is 5.26. The second kappa shape index (κ2) is 6.96. The molecule has 0 heterocycles. The second-order valence-electron chi connectivity index (χ2n) is 4.67. The van der Waals surface area contributed by atoms with E-state index in [1.54, 1.807) is 31.2 Å². The van der Waals surface area contributed by atoms with Crippen LogP contribution >= 0.6 is 27.5 Å². The fourth-order valence-electron chi connectivity index (χ4n) is 1.80. The van der Waals surface area contributed by atoms with Gasteiger partial charge in [0.15, 0.2) is 6.10 Å². The van der Waals surface area contributed by atoms with Crippen LogP contribution in [-0.4, -0.2) is 12.0 Å². The van der Waals surface area contributed by atoms with Gasteiger partial charge in [0.2, 0.25) is 0 Å². The van der Waals surface area contributed by atoms with Crippen molar-refractivity contribution in [1.82, 2.24) is 0 Å². The number of amides is 1. The molecule has 0 radical (unpaired) electrons. The van der Waals surface area contributed by atoms with E-state index in [1.807, 2.05) is 25.1 Å². The van der Waals surface area contributed by atoms with Gasteiger partial charge in [-0.2, -0.15) is 0 Å². The van der Waals surface area contributed by atoms with Crippen molar-refractivity contribution in [2.45, 2.75) is 20.0 Å². The largest absolute Gasteiger partial charge is 0.481 e. The van der Waals surface area contributed by atoms with Crippen LogP contribution in [0.4, 0.5) is 5.69 Å². The molecule has 0 aliphatic carbocycles. The molecule has 1 amide bonds. The van der Waals surface area contributed by atoms with Crippen LogP contribution in [0.2, 0.25) is 5.02 Å². The Morgan fingerprint density at radius 1 is 1.29 bits per heavy atom. The summed E-state index contributed by atoms with van der Waals surface area (Å²) < 4.78 is 6.56. The summed E-state index contributed by atoms with van der Waals surface area (Å²) in [6.45, 7) is 3.63. The van der Waals surface area contributed by atoms with Gasteiger partial charge in [-0.3, -0.25) is 4.79 Å². The summed E-state index contributed by atoms with van der Waals surface area (Å²) in [6, 6.07) is 12.6. The van der Waals surface area contributed by atoms with Gasteiger partial charge in [-0.25, -0.2) is 0 Å². The molecule has 1 atom stereocenters. The normalized spacial score (nSPS) is 11.8. The molecule has 0 saturated heterocycles. The standard InChI is InChI=1S/C16H15BrClNO2/c1-10-8-12(17)6-7-15(10)19-16(20)11(2)21-14-5-3-4-13(18)9-14/h3-9,11H,1-2H3,(H,19,20)/t11-/m1/s1. The van der Waals surface area contributed by atoms with E-state index in [0.717, 1.165) is 15.7 Å². The lowest BCUT2D eigenvalue weighted by Crippen LogP contribution is -2.30. The Morgan fingerprint density at radius 2 is 2.05 bits per heavy atom. The molecule has 3 nitrogen and oxygen atoms in total. The van der Waals surface area contributed by atoms with Gasteiger partial charge in [-0.1, -0.05) is 33.6 Å². The molecule has 0 spiro atoms. The maximum absolute atomic E-state index is 12.2. The second-order valence-corrected chi connectivity index (χ2v) is 6.02. The highest BCUT2D eigenvalue weighted by atomic mass is 79.9. The number of nitrogens with one attached hydrogen (secondary N) is 1. The van der Waals surface area contributed by atoms with Crippen LogP contribution in [0.1, 0.15) is 12.5 Å². The SMILES string of the molecule is Cc1cc(Br)ccc1NC(=O)[C@@H](C)Oc1cccc(Cl)c1. The van der Waals surface area contributed by atoms with Gasteiger partial charge < -0.3 is 10.1 Å². The highest BCUT2D eigenvalue weighted by molar-refractivity contribution is 9.10. The van der Waals surface area contributed by atoms with Crippen LogP contribution in [0, 0.1) is 6.92 Å². The first-order valence-corrected chi connectivity index (χ1v) is 7.62. The van der Waals surface area contributed by atoms with E-state index in [4.69, 9.17) is 16.3 Å². The molecule has 2 aromatic rings. The van der Waals surface area contributed by atoms with Crippen LogP contribution in [0.15, 0.2) is 46.9 Å². The smallest absolute Gasteiger partial charge is 0.265 e. The van der Waals surface area contributed by atoms with Crippen LogP contribution in [-0.2, 0) is 4.79 Å². The molecule has 2 rings (SSSR count). The molecule has 0 bridgehead atoms. The van der Waals surface area contributed by atoms with Crippen molar-refractivity contribution in [2.24, 2.45) is 0 Å². The fraction of sp³-hybridized carbons (Fsp3) is 0.188. The maximum Gasteiger partial charge on any atom is 0.265 e. The Labute approximate surface area is 137 Å². The van der Waals surface area contributed by atoms with Gasteiger partial charge in [0.25, 0.3) is 5.91 Å². The average Bonchev–Trinajstić information content (AvgIpc) is 2.41. The summed E-state index contributed by atoms with van der Waals surface area (Å²) in [5.41, 5.74) is 1.75. The number of halogens is 2. The van der Waals surface area contributed by atoms with Gasteiger partial charge in [-0.15, -0.1) is 0 Å². The minimum absolute atomic E-state index is 0.208. The number of rotatable bonds is 4. The predicted octanol–water partition coefficient (Wildman–Crippen LogP) is 4.82. The Balaban J connectivity index is 2.02. The fourth-order valence-corrected chi connectivity index (χ4v) is 2.46. The third-order valence-corrected chi connectivity index (χ3v) is 3.65. The third kappa shape index (κ3) is 4.48. The topological polar surface area (TPSA) is 38.3 Å². The molecule has 0 saturated carbocycles. The van der Waals surface area contributed by atoms with E-state index < -0.39 is 6.10 Å². The number of hydrogen-bond donors (Lipinski definition) is 1. The number of anilines is 1. The lowest BCUT2D eigenvalue weighted by atomic mass is 10.2. The number of aryl methyl sites for hydroxylation is 1. The number of benzene rings is 2. The maximum atomic E-state index is 12.2. The van der Waals surface area contributed by atoms with Gasteiger partial charge in [0.05, 0.1) is 0 Å². The lowest BCUT2D eigenvalue weighted by molar-refractivity contribution is -0.122. The summed E-state index contributed by atoms with van der Waals surface area (Å²) in [5.74, 6) is 0.359. The third-order valence-electron chi connectivity index (χ3n) is 2.92. The van der Waals surface area contributed by atoms with Gasteiger partial charge >= 0.3 is 0 Å². The molecule has 1 N–H and O–H groups in total. The van der Waals surface area contributed by atoms with Crippen molar-refractivity contribution in [3.8, 4) is 5.75 Å². The van der Waals surface area contributed by atoms with Crippen LogP contribution < -0.4 is 10.1 Å². The first kappa shape index (κ1) is 15.9. The van der Waals surface area contributed by atoms with Crippen molar-refractivity contribution in [2.75, 3.05) is 5.32 Å². The highest BCUT2D eigenvalue weighted by Crippen LogP contribution is 2.21. The van der Waals surface area contributed by atoms with Gasteiger partial charge in [0.1, 0.15) is 5.75 Å². The van der Waals surface area contributed by atoms with E-state index in [9.17, 15) is 4.79 Å². The minimum atomic E-state index is -0.619. The monoisotopic (exact) mass is 367 g/mol. The lowest BCUT2D eigenvalue weighted by Gasteiger charge is -2.16. The molecule has 0 unspecified atom stereocenters. The summed E-state index contributed by atoms with van der Waals surface area (Å²) >= 11 is 9.28. The molecule has 0 aliphatic heterocycles. The molecular weight excluding hydrogens is 354 g/mol. The van der Waals surface area contributed by atoms with E-state index in [2.05, 4.69) is 21.2 Å². The first-order valence-electron chi connectivity index (χ1n) is 6.45. The van der Waals surface area contributed by atoms with E-state index in [1.165, 1.54) is 0 Å². The van der Waals surface area contributed by atoms with Crippen molar-refractivity contribution < 1.29 is 9.53 Å². The Morgan fingerprint density at radius 3 is 2.71 bits per heavy atom. The summed E-state index contributed by atoms with van der Waals surface area (Å²) in [5, 5.41) is 3.43. The van der Waals surface area contributed by atoms with Crippen LogP contribution in [0.5, 0.6) is 5.75 Å². The summed E-state index contributed by atoms with van der Waals surface area (Å²) in [4.78, 5) is 12.2. The molecular formula is C16H15BrClNO2. The van der Waals surface area contributed by atoms with Gasteiger partial charge in [-0.05, 0) is 55.8 Å². The van der Waals surface area contributed by atoms with E-state index >= 15 is 0 Å². The summed E-state index contributed by atoms with van der Waals surface area (Å²) in [7, 11) is 0.